The quantitative estimate of drug-likeness (QED) is 0.850. The molecule has 0 saturated carbocycles. The van der Waals surface area contributed by atoms with Crippen LogP contribution in [0.5, 0.6) is 5.75 Å². The van der Waals surface area contributed by atoms with Gasteiger partial charge in [0.1, 0.15) is 5.75 Å². The van der Waals surface area contributed by atoms with Gasteiger partial charge in [-0.3, -0.25) is 4.90 Å². The van der Waals surface area contributed by atoms with Crippen LogP contribution in [0, 0.1) is 11.8 Å². The molecular formula is C15H20N2OS. The predicted octanol–water partition coefficient (Wildman–Crippen LogP) is 1.55. The summed E-state index contributed by atoms with van der Waals surface area (Å²) in [6, 6.07) is 6.06. The van der Waals surface area contributed by atoms with E-state index < -0.39 is 0 Å². The zero-order chi connectivity index (χ0) is 13.5. The number of methoxy groups -OCH3 is 1. The number of nitrogens with two attached hydrogens (primary N) is 1. The minimum atomic E-state index is 0.395. The third-order valence-electron chi connectivity index (χ3n) is 3.14. The van der Waals surface area contributed by atoms with Crippen LogP contribution in [-0.2, 0) is 6.54 Å². The van der Waals surface area contributed by atoms with Crippen LogP contribution in [0.1, 0.15) is 11.1 Å². The van der Waals surface area contributed by atoms with Crippen molar-refractivity contribution in [3.63, 3.8) is 0 Å². The Balaban J connectivity index is 2.18. The molecule has 0 spiro atoms. The fourth-order valence-corrected chi connectivity index (χ4v) is 3.07. The molecule has 0 amide bonds. The Kier molecular flexibility index (Phi) is 5.59. The first-order valence-electron chi connectivity index (χ1n) is 6.49. The first-order valence-corrected chi connectivity index (χ1v) is 7.65. The molecule has 1 aromatic rings. The van der Waals surface area contributed by atoms with Gasteiger partial charge in [-0.05, 0) is 23.8 Å². The van der Waals surface area contributed by atoms with Gasteiger partial charge in [-0.15, -0.1) is 0 Å². The normalized spacial score (nSPS) is 15.7. The zero-order valence-electron chi connectivity index (χ0n) is 11.3. The highest BCUT2D eigenvalue weighted by molar-refractivity contribution is 7.99. The Hall–Kier alpha value is -1.15. The lowest BCUT2D eigenvalue weighted by Crippen LogP contribution is -2.32. The van der Waals surface area contributed by atoms with E-state index in [-0.39, 0.29) is 0 Å². The van der Waals surface area contributed by atoms with Crippen LogP contribution in [0.3, 0.4) is 0 Å². The van der Waals surface area contributed by atoms with E-state index in [0.717, 1.165) is 30.9 Å². The summed E-state index contributed by atoms with van der Waals surface area (Å²) in [7, 11) is 1.70. The van der Waals surface area contributed by atoms with E-state index in [9.17, 15) is 0 Å². The van der Waals surface area contributed by atoms with Crippen molar-refractivity contribution in [2.45, 2.75) is 6.54 Å². The van der Waals surface area contributed by atoms with Crippen LogP contribution in [0.4, 0.5) is 0 Å². The van der Waals surface area contributed by atoms with Gasteiger partial charge in [0.05, 0.1) is 13.7 Å². The summed E-state index contributed by atoms with van der Waals surface area (Å²) in [4.78, 5) is 2.47. The smallest absolute Gasteiger partial charge is 0.119 e. The predicted molar refractivity (Wildman–Crippen MR) is 81.5 cm³/mol. The van der Waals surface area contributed by atoms with Gasteiger partial charge in [-0.25, -0.2) is 0 Å². The molecule has 0 unspecified atom stereocenters. The third-order valence-corrected chi connectivity index (χ3v) is 4.08. The molecule has 1 aliphatic heterocycles. The number of hydrogen-bond acceptors (Lipinski definition) is 4. The number of nitrogens with zero attached hydrogens (tertiary/aromatic N) is 1. The van der Waals surface area contributed by atoms with Gasteiger partial charge in [-0.1, -0.05) is 11.8 Å². The van der Waals surface area contributed by atoms with Crippen LogP contribution in [0.15, 0.2) is 18.2 Å². The van der Waals surface area contributed by atoms with Crippen molar-refractivity contribution in [3.05, 3.63) is 29.3 Å². The van der Waals surface area contributed by atoms with Crippen molar-refractivity contribution in [2.24, 2.45) is 5.73 Å². The summed E-state index contributed by atoms with van der Waals surface area (Å²) in [5.41, 5.74) is 7.74. The largest absolute Gasteiger partial charge is 0.497 e. The van der Waals surface area contributed by atoms with Crippen LogP contribution in [-0.4, -0.2) is 43.1 Å². The highest BCUT2D eigenvalue weighted by Gasteiger charge is 2.13. The zero-order valence-corrected chi connectivity index (χ0v) is 12.1. The Labute approximate surface area is 119 Å². The van der Waals surface area contributed by atoms with Crippen LogP contribution in [0.25, 0.3) is 0 Å². The van der Waals surface area contributed by atoms with E-state index >= 15 is 0 Å². The lowest BCUT2D eigenvalue weighted by molar-refractivity contribution is 0.294. The fraction of sp³-hybridized carbons (Fsp3) is 0.467. The van der Waals surface area contributed by atoms with Crippen molar-refractivity contribution in [1.29, 1.82) is 0 Å². The Morgan fingerprint density at radius 3 is 2.84 bits per heavy atom. The van der Waals surface area contributed by atoms with E-state index in [4.69, 9.17) is 10.5 Å². The number of rotatable bonds is 3. The first-order chi connectivity index (χ1) is 9.33. The number of hydrogen-bond donors (Lipinski definition) is 1. The lowest BCUT2D eigenvalue weighted by atomic mass is 10.1. The maximum absolute atomic E-state index is 5.46. The molecule has 2 N–H and O–H groups in total. The van der Waals surface area contributed by atoms with Gasteiger partial charge in [0.25, 0.3) is 0 Å². The van der Waals surface area contributed by atoms with Crippen molar-refractivity contribution in [2.75, 3.05) is 38.2 Å². The molecule has 1 saturated heterocycles. The van der Waals surface area contributed by atoms with E-state index in [1.807, 2.05) is 23.9 Å². The van der Waals surface area contributed by atoms with Crippen molar-refractivity contribution in [1.82, 2.24) is 4.90 Å². The molecular weight excluding hydrogens is 256 g/mol. The summed E-state index contributed by atoms with van der Waals surface area (Å²) in [5.74, 6) is 9.41. The second-order valence-electron chi connectivity index (χ2n) is 4.42. The van der Waals surface area contributed by atoms with Crippen molar-refractivity contribution in [3.8, 4) is 17.6 Å². The Morgan fingerprint density at radius 2 is 2.16 bits per heavy atom. The minimum Gasteiger partial charge on any atom is -0.497 e. The molecule has 0 radical (unpaired) electrons. The molecule has 0 bridgehead atoms. The second-order valence-corrected chi connectivity index (χ2v) is 5.64. The average Bonchev–Trinajstić information content (AvgIpc) is 2.47. The molecule has 19 heavy (non-hydrogen) atoms. The maximum Gasteiger partial charge on any atom is 0.119 e. The van der Waals surface area contributed by atoms with Gasteiger partial charge in [-0.2, -0.15) is 11.8 Å². The van der Waals surface area contributed by atoms with E-state index in [1.165, 1.54) is 17.1 Å². The molecule has 1 aliphatic rings. The summed E-state index contributed by atoms with van der Waals surface area (Å²) in [6.07, 6.45) is 0. The molecule has 1 fully saturated rings. The third kappa shape index (κ3) is 4.17. The molecule has 0 aliphatic carbocycles. The molecule has 1 aromatic carbocycles. The van der Waals surface area contributed by atoms with Crippen LogP contribution < -0.4 is 10.5 Å². The molecule has 2 rings (SSSR count). The van der Waals surface area contributed by atoms with Crippen molar-refractivity contribution >= 4 is 11.8 Å². The van der Waals surface area contributed by atoms with Crippen molar-refractivity contribution < 1.29 is 4.74 Å². The molecule has 0 aromatic heterocycles. The molecule has 3 nitrogen and oxygen atoms in total. The van der Waals surface area contributed by atoms with Gasteiger partial charge in [0.15, 0.2) is 0 Å². The SMILES string of the molecule is COc1ccc(C#CCN)c(CN2CCSCC2)c1. The summed E-state index contributed by atoms with van der Waals surface area (Å²) in [5, 5.41) is 0. The van der Waals surface area contributed by atoms with Crippen LogP contribution in [0.2, 0.25) is 0 Å². The molecule has 102 valence electrons. The topological polar surface area (TPSA) is 38.5 Å². The highest BCUT2D eigenvalue weighted by atomic mass is 32.2. The summed E-state index contributed by atoms with van der Waals surface area (Å²) >= 11 is 2.02. The fourth-order valence-electron chi connectivity index (χ4n) is 2.10. The minimum absolute atomic E-state index is 0.395. The second kappa shape index (κ2) is 7.44. The maximum atomic E-state index is 5.46. The summed E-state index contributed by atoms with van der Waals surface area (Å²) < 4.78 is 5.31. The van der Waals surface area contributed by atoms with Gasteiger partial charge in [0.2, 0.25) is 0 Å². The first kappa shape index (κ1) is 14.3. The molecule has 4 heteroatoms. The number of thioether (sulfide) groups is 1. The lowest BCUT2D eigenvalue weighted by Gasteiger charge is -2.26. The molecule has 0 atom stereocenters. The summed E-state index contributed by atoms with van der Waals surface area (Å²) in [6.45, 7) is 3.62. The number of ether oxygens (including phenoxy) is 1. The standard InChI is InChI=1S/C15H20N2OS/c1-18-15-5-4-13(3-2-6-16)14(11-15)12-17-7-9-19-10-8-17/h4-5,11H,6-10,12,16H2,1H3. The molecule has 1 heterocycles. The van der Waals surface area contributed by atoms with E-state index in [1.54, 1.807) is 7.11 Å². The highest BCUT2D eigenvalue weighted by Crippen LogP contribution is 2.20. The Bertz CT molecular complexity index is 473. The van der Waals surface area contributed by atoms with E-state index in [2.05, 4.69) is 22.8 Å². The van der Waals surface area contributed by atoms with Crippen LogP contribution >= 0.6 is 11.8 Å². The Morgan fingerprint density at radius 1 is 1.37 bits per heavy atom. The van der Waals surface area contributed by atoms with Gasteiger partial charge < -0.3 is 10.5 Å². The average molecular weight is 276 g/mol. The van der Waals surface area contributed by atoms with E-state index in [0.29, 0.717) is 6.54 Å². The monoisotopic (exact) mass is 276 g/mol. The van der Waals surface area contributed by atoms with Gasteiger partial charge >= 0.3 is 0 Å². The van der Waals surface area contributed by atoms with Gasteiger partial charge in [0, 0.05) is 36.7 Å². The number of benzene rings is 1.